The number of hydrogen-bond donors (Lipinski definition) is 1. The van der Waals surface area contributed by atoms with E-state index in [1.165, 1.54) is 44.2 Å². The van der Waals surface area contributed by atoms with E-state index in [1.807, 2.05) is 6.07 Å². The Bertz CT molecular complexity index is 394. The maximum absolute atomic E-state index is 5.85. The van der Waals surface area contributed by atoms with E-state index < -0.39 is 0 Å². The third-order valence-corrected chi connectivity index (χ3v) is 4.44. The minimum absolute atomic E-state index is 0. The number of hydrogen-bond acceptors (Lipinski definition) is 2. The molecule has 1 aliphatic heterocycles. The van der Waals surface area contributed by atoms with Gasteiger partial charge >= 0.3 is 0 Å². The first kappa shape index (κ1) is 13.7. The molecular formula is C15H23ClN2. The Morgan fingerprint density at radius 1 is 1.17 bits per heavy atom. The summed E-state index contributed by atoms with van der Waals surface area (Å²) in [6.45, 7) is 2.36. The van der Waals surface area contributed by atoms with Crippen LogP contribution in [0.2, 0.25) is 0 Å². The van der Waals surface area contributed by atoms with Crippen molar-refractivity contribution < 1.29 is 0 Å². The monoisotopic (exact) mass is 266 g/mol. The van der Waals surface area contributed by atoms with E-state index in [2.05, 4.69) is 23.1 Å². The molecule has 100 valence electrons. The molecule has 18 heavy (non-hydrogen) atoms. The SMILES string of the molecule is Cl.Nc1cccc(CN2CCCC3CCCC32)c1. The van der Waals surface area contributed by atoms with Crippen molar-refractivity contribution in [3.05, 3.63) is 29.8 Å². The highest BCUT2D eigenvalue weighted by Crippen LogP contribution is 2.37. The molecule has 2 atom stereocenters. The van der Waals surface area contributed by atoms with E-state index in [0.29, 0.717) is 0 Å². The number of halogens is 1. The molecule has 2 N–H and O–H groups in total. The van der Waals surface area contributed by atoms with Gasteiger partial charge in [0.25, 0.3) is 0 Å². The molecule has 0 amide bonds. The molecule has 1 aromatic rings. The quantitative estimate of drug-likeness (QED) is 0.831. The maximum Gasteiger partial charge on any atom is 0.0317 e. The highest BCUT2D eigenvalue weighted by Gasteiger charge is 2.34. The molecule has 1 aromatic carbocycles. The molecule has 2 unspecified atom stereocenters. The summed E-state index contributed by atoms with van der Waals surface area (Å²) < 4.78 is 0. The second kappa shape index (κ2) is 5.94. The molecule has 2 nitrogen and oxygen atoms in total. The van der Waals surface area contributed by atoms with E-state index in [4.69, 9.17) is 5.73 Å². The van der Waals surface area contributed by atoms with Crippen molar-refractivity contribution in [1.29, 1.82) is 0 Å². The van der Waals surface area contributed by atoms with Gasteiger partial charge in [0.1, 0.15) is 0 Å². The van der Waals surface area contributed by atoms with Gasteiger partial charge in [-0.05, 0) is 55.8 Å². The fraction of sp³-hybridized carbons (Fsp3) is 0.600. The van der Waals surface area contributed by atoms with Gasteiger partial charge in [-0.3, -0.25) is 4.90 Å². The Labute approximate surface area is 116 Å². The van der Waals surface area contributed by atoms with Crippen LogP contribution in [0.25, 0.3) is 0 Å². The zero-order valence-electron chi connectivity index (χ0n) is 10.8. The molecular weight excluding hydrogens is 244 g/mol. The van der Waals surface area contributed by atoms with Crippen molar-refractivity contribution in [3.8, 4) is 0 Å². The van der Waals surface area contributed by atoms with E-state index >= 15 is 0 Å². The van der Waals surface area contributed by atoms with E-state index in [0.717, 1.165) is 24.2 Å². The van der Waals surface area contributed by atoms with Gasteiger partial charge in [0.05, 0.1) is 0 Å². The molecule has 2 aliphatic rings. The lowest BCUT2D eigenvalue weighted by Crippen LogP contribution is -2.41. The van der Waals surface area contributed by atoms with Gasteiger partial charge < -0.3 is 5.73 Å². The van der Waals surface area contributed by atoms with Gasteiger partial charge in [-0.25, -0.2) is 0 Å². The third-order valence-electron chi connectivity index (χ3n) is 4.44. The summed E-state index contributed by atoms with van der Waals surface area (Å²) in [7, 11) is 0. The van der Waals surface area contributed by atoms with Crippen LogP contribution in [0.5, 0.6) is 0 Å². The van der Waals surface area contributed by atoms with Crippen LogP contribution in [0.15, 0.2) is 24.3 Å². The normalized spacial score (nSPS) is 27.6. The summed E-state index contributed by atoms with van der Waals surface area (Å²) in [6, 6.07) is 9.22. The molecule has 0 spiro atoms. The number of piperidine rings is 1. The number of nitrogens with two attached hydrogens (primary N) is 1. The van der Waals surface area contributed by atoms with Crippen molar-refractivity contribution in [2.24, 2.45) is 5.92 Å². The summed E-state index contributed by atoms with van der Waals surface area (Å²) in [4.78, 5) is 2.69. The van der Waals surface area contributed by atoms with Crippen LogP contribution < -0.4 is 5.73 Å². The van der Waals surface area contributed by atoms with Crippen molar-refractivity contribution >= 4 is 18.1 Å². The van der Waals surface area contributed by atoms with Crippen molar-refractivity contribution in [1.82, 2.24) is 4.90 Å². The van der Waals surface area contributed by atoms with Crippen LogP contribution in [-0.4, -0.2) is 17.5 Å². The van der Waals surface area contributed by atoms with Crippen LogP contribution in [0.4, 0.5) is 5.69 Å². The number of fused-ring (bicyclic) bond motifs is 1. The number of anilines is 1. The fourth-order valence-corrected chi connectivity index (χ4v) is 3.68. The smallest absolute Gasteiger partial charge is 0.0317 e. The minimum Gasteiger partial charge on any atom is -0.399 e. The average molecular weight is 267 g/mol. The molecule has 0 bridgehead atoms. The number of likely N-dealkylation sites (tertiary alicyclic amines) is 1. The summed E-state index contributed by atoms with van der Waals surface area (Å²) in [6.07, 6.45) is 7.13. The van der Waals surface area contributed by atoms with E-state index in [9.17, 15) is 0 Å². The summed E-state index contributed by atoms with van der Waals surface area (Å²) in [5.74, 6) is 0.977. The Hall–Kier alpha value is -0.730. The molecule has 3 heteroatoms. The van der Waals surface area contributed by atoms with Gasteiger partial charge in [-0.2, -0.15) is 0 Å². The highest BCUT2D eigenvalue weighted by atomic mass is 35.5. The number of nitrogen functional groups attached to an aromatic ring is 1. The van der Waals surface area contributed by atoms with Gasteiger partial charge in [-0.15, -0.1) is 12.4 Å². The highest BCUT2D eigenvalue weighted by molar-refractivity contribution is 5.85. The summed E-state index contributed by atoms with van der Waals surface area (Å²) in [5.41, 5.74) is 8.12. The van der Waals surface area contributed by atoms with Crippen LogP contribution in [-0.2, 0) is 6.54 Å². The lowest BCUT2D eigenvalue weighted by atomic mass is 9.91. The second-order valence-electron chi connectivity index (χ2n) is 5.62. The molecule has 0 radical (unpaired) electrons. The summed E-state index contributed by atoms with van der Waals surface area (Å²) in [5, 5.41) is 0. The maximum atomic E-state index is 5.85. The molecule has 1 aliphatic carbocycles. The molecule has 1 saturated carbocycles. The molecule has 1 heterocycles. The van der Waals surface area contributed by atoms with Crippen LogP contribution in [0.1, 0.15) is 37.7 Å². The Morgan fingerprint density at radius 2 is 2.00 bits per heavy atom. The number of nitrogens with zero attached hydrogens (tertiary/aromatic N) is 1. The van der Waals surface area contributed by atoms with Gasteiger partial charge in [0.15, 0.2) is 0 Å². The standard InChI is InChI=1S/C15H22N2.ClH/c16-14-7-1-4-12(10-14)11-17-9-3-6-13-5-2-8-15(13)17;/h1,4,7,10,13,15H,2-3,5-6,8-9,11,16H2;1H. The first-order valence-electron chi connectivity index (χ1n) is 6.91. The van der Waals surface area contributed by atoms with Gasteiger partial charge in [-0.1, -0.05) is 18.6 Å². The number of rotatable bonds is 2. The predicted octanol–water partition coefficient (Wildman–Crippen LogP) is 3.46. The fourth-order valence-electron chi connectivity index (χ4n) is 3.68. The van der Waals surface area contributed by atoms with Crippen molar-refractivity contribution in [3.63, 3.8) is 0 Å². The zero-order valence-corrected chi connectivity index (χ0v) is 11.7. The lowest BCUT2D eigenvalue weighted by Gasteiger charge is -2.37. The van der Waals surface area contributed by atoms with E-state index in [-0.39, 0.29) is 12.4 Å². The van der Waals surface area contributed by atoms with Gasteiger partial charge in [0.2, 0.25) is 0 Å². The van der Waals surface area contributed by atoms with Gasteiger partial charge in [0, 0.05) is 18.3 Å². The molecule has 1 saturated heterocycles. The first-order chi connectivity index (χ1) is 8.33. The molecule has 2 fully saturated rings. The summed E-state index contributed by atoms with van der Waals surface area (Å²) >= 11 is 0. The lowest BCUT2D eigenvalue weighted by molar-refractivity contribution is 0.106. The van der Waals surface area contributed by atoms with Crippen LogP contribution in [0, 0.1) is 5.92 Å². The largest absolute Gasteiger partial charge is 0.399 e. The molecule has 0 aromatic heterocycles. The first-order valence-corrected chi connectivity index (χ1v) is 6.91. The van der Waals surface area contributed by atoms with Crippen molar-refractivity contribution in [2.45, 2.75) is 44.7 Å². The van der Waals surface area contributed by atoms with Crippen molar-refractivity contribution in [2.75, 3.05) is 12.3 Å². The Morgan fingerprint density at radius 3 is 2.83 bits per heavy atom. The second-order valence-corrected chi connectivity index (χ2v) is 5.62. The third kappa shape index (κ3) is 2.81. The predicted molar refractivity (Wildman–Crippen MR) is 78.9 cm³/mol. The van der Waals surface area contributed by atoms with Crippen LogP contribution in [0.3, 0.4) is 0 Å². The Kier molecular flexibility index (Phi) is 4.52. The minimum atomic E-state index is 0. The zero-order chi connectivity index (χ0) is 11.7. The average Bonchev–Trinajstić information content (AvgIpc) is 2.78. The number of benzene rings is 1. The van der Waals surface area contributed by atoms with E-state index in [1.54, 1.807) is 0 Å². The topological polar surface area (TPSA) is 29.3 Å². The molecule has 3 rings (SSSR count). The van der Waals surface area contributed by atoms with Crippen LogP contribution >= 0.6 is 12.4 Å². The Balaban J connectivity index is 0.00000120.